The fourth-order valence-electron chi connectivity index (χ4n) is 1.43. The van der Waals surface area contributed by atoms with E-state index in [1.807, 2.05) is 16.8 Å². The summed E-state index contributed by atoms with van der Waals surface area (Å²) in [5.74, 6) is -0.178. The van der Waals surface area contributed by atoms with Gasteiger partial charge in [-0.1, -0.05) is 15.9 Å². The second-order valence-electron chi connectivity index (χ2n) is 3.47. The normalized spacial score (nSPS) is 12.4. The van der Waals surface area contributed by atoms with E-state index in [1.165, 1.54) is 6.07 Å². The number of nitrogens with two attached hydrogens (primary N) is 1. The van der Waals surface area contributed by atoms with Gasteiger partial charge in [0.2, 0.25) is 0 Å². The molecule has 0 aliphatic heterocycles. The van der Waals surface area contributed by atoms with Crippen LogP contribution in [-0.2, 0) is 0 Å². The van der Waals surface area contributed by atoms with Gasteiger partial charge in [0.15, 0.2) is 11.6 Å². The van der Waals surface area contributed by atoms with Crippen molar-refractivity contribution >= 4 is 27.3 Å². The first kappa shape index (κ1) is 12.5. The molecular weight excluding hydrogens is 305 g/mol. The molecule has 17 heavy (non-hydrogen) atoms. The fraction of sp³-hybridized carbons (Fsp3) is 0.167. The van der Waals surface area contributed by atoms with E-state index in [2.05, 4.69) is 15.9 Å². The van der Waals surface area contributed by atoms with Crippen LogP contribution in [0.3, 0.4) is 0 Å². The molecule has 0 fully saturated rings. The van der Waals surface area contributed by atoms with Crippen LogP contribution in [0.5, 0.6) is 5.75 Å². The molecule has 0 saturated heterocycles. The molecule has 1 unspecified atom stereocenters. The molecule has 1 atom stereocenters. The Morgan fingerprint density at radius 3 is 2.88 bits per heavy atom. The van der Waals surface area contributed by atoms with E-state index in [9.17, 15) is 4.39 Å². The van der Waals surface area contributed by atoms with Crippen molar-refractivity contribution in [3.05, 3.63) is 50.9 Å². The van der Waals surface area contributed by atoms with Crippen molar-refractivity contribution in [1.29, 1.82) is 0 Å². The van der Waals surface area contributed by atoms with Gasteiger partial charge in [-0.05, 0) is 35.0 Å². The highest BCUT2D eigenvalue weighted by Crippen LogP contribution is 2.27. The highest BCUT2D eigenvalue weighted by atomic mass is 79.9. The SMILES string of the molecule is NCC(Oc1cc(Br)ccc1F)c1ccsc1. The molecule has 0 radical (unpaired) electrons. The number of ether oxygens (including phenoxy) is 1. The molecule has 5 heteroatoms. The Kier molecular flexibility index (Phi) is 4.15. The number of benzene rings is 1. The maximum absolute atomic E-state index is 13.5. The Balaban J connectivity index is 2.21. The van der Waals surface area contributed by atoms with Crippen molar-refractivity contribution in [1.82, 2.24) is 0 Å². The lowest BCUT2D eigenvalue weighted by Gasteiger charge is -2.17. The monoisotopic (exact) mass is 315 g/mol. The van der Waals surface area contributed by atoms with Gasteiger partial charge in [-0.25, -0.2) is 4.39 Å². The Hall–Kier alpha value is -0.910. The molecule has 0 aliphatic rings. The highest BCUT2D eigenvalue weighted by molar-refractivity contribution is 9.10. The Bertz CT molecular complexity index is 489. The minimum Gasteiger partial charge on any atom is -0.481 e. The largest absolute Gasteiger partial charge is 0.481 e. The van der Waals surface area contributed by atoms with Crippen LogP contribution in [0.25, 0.3) is 0 Å². The predicted octanol–water partition coefficient (Wildman–Crippen LogP) is 3.73. The molecule has 2 nitrogen and oxygen atoms in total. The first-order chi connectivity index (χ1) is 8.20. The fourth-order valence-corrected chi connectivity index (χ4v) is 2.47. The van der Waals surface area contributed by atoms with Crippen LogP contribution in [0.4, 0.5) is 4.39 Å². The maximum Gasteiger partial charge on any atom is 0.165 e. The lowest BCUT2D eigenvalue weighted by atomic mass is 10.2. The van der Waals surface area contributed by atoms with Gasteiger partial charge < -0.3 is 10.5 Å². The molecule has 1 aromatic carbocycles. The maximum atomic E-state index is 13.5. The van der Waals surface area contributed by atoms with Crippen LogP contribution in [0.1, 0.15) is 11.7 Å². The van der Waals surface area contributed by atoms with Crippen LogP contribution in [0.2, 0.25) is 0 Å². The summed E-state index contributed by atoms with van der Waals surface area (Å²) in [7, 11) is 0. The third-order valence-corrected chi connectivity index (χ3v) is 3.49. The quantitative estimate of drug-likeness (QED) is 0.933. The molecule has 0 saturated carbocycles. The zero-order valence-corrected chi connectivity index (χ0v) is 11.3. The van der Waals surface area contributed by atoms with E-state index in [0.29, 0.717) is 6.54 Å². The zero-order chi connectivity index (χ0) is 12.3. The molecule has 0 aliphatic carbocycles. The van der Waals surface area contributed by atoms with Gasteiger partial charge in [0.25, 0.3) is 0 Å². The van der Waals surface area contributed by atoms with Gasteiger partial charge in [0.05, 0.1) is 0 Å². The molecule has 90 valence electrons. The second-order valence-corrected chi connectivity index (χ2v) is 5.17. The minimum atomic E-state index is -0.387. The van der Waals surface area contributed by atoms with Gasteiger partial charge in [-0.2, -0.15) is 11.3 Å². The lowest BCUT2D eigenvalue weighted by molar-refractivity contribution is 0.205. The first-order valence-electron chi connectivity index (χ1n) is 5.04. The van der Waals surface area contributed by atoms with E-state index in [1.54, 1.807) is 23.5 Å². The van der Waals surface area contributed by atoms with E-state index in [0.717, 1.165) is 10.0 Å². The van der Waals surface area contributed by atoms with Crippen LogP contribution in [-0.4, -0.2) is 6.54 Å². The third kappa shape index (κ3) is 3.06. The molecule has 2 rings (SSSR count). The summed E-state index contributed by atoms with van der Waals surface area (Å²) in [4.78, 5) is 0. The summed E-state index contributed by atoms with van der Waals surface area (Å²) in [5, 5.41) is 3.89. The summed E-state index contributed by atoms with van der Waals surface area (Å²) in [6.45, 7) is 0.308. The Morgan fingerprint density at radius 1 is 1.41 bits per heavy atom. The van der Waals surface area contributed by atoms with Crippen LogP contribution in [0.15, 0.2) is 39.5 Å². The highest BCUT2D eigenvalue weighted by Gasteiger charge is 2.14. The van der Waals surface area contributed by atoms with Crippen molar-refractivity contribution in [2.75, 3.05) is 6.54 Å². The molecule has 0 bridgehead atoms. The molecule has 2 aromatic rings. The van der Waals surface area contributed by atoms with Gasteiger partial charge in [-0.15, -0.1) is 0 Å². The Morgan fingerprint density at radius 2 is 2.24 bits per heavy atom. The van der Waals surface area contributed by atoms with Gasteiger partial charge in [0, 0.05) is 16.6 Å². The topological polar surface area (TPSA) is 35.2 Å². The summed E-state index contributed by atoms with van der Waals surface area (Å²) in [6.07, 6.45) is -0.315. The average molecular weight is 316 g/mol. The average Bonchev–Trinajstić information content (AvgIpc) is 2.84. The van der Waals surface area contributed by atoms with E-state index < -0.39 is 0 Å². The molecule has 0 spiro atoms. The van der Waals surface area contributed by atoms with E-state index in [-0.39, 0.29) is 17.7 Å². The smallest absolute Gasteiger partial charge is 0.165 e. The summed E-state index contributed by atoms with van der Waals surface area (Å²) < 4.78 is 19.9. The zero-order valence-electron chi connectivity index (χ0n) is 8.90. The summed E-state index contributed by atoms with van der Waals surface area (Å²) in [5.41, 5.74) is 6.61. The molecule has 1 aromatic heterocycles. The van der Waals surface area contributed by atoms with Crippen molar-refractivity contribution in [2.24, 2.45) is 5.73 Å². The number of halogens is 2. The molecular formula is C12H11BrFNOS. The summed E-state index contributed by atoms with van der Waals surface area (Å²) in [6, 6.07) is 6.52. The van der Waals surface area contributed by atoms with Gasteiger partial charge in [0.1, 0.15) is 6.10 Å². The van der Waals surface area contributed by atoms with Crippen molar-refractivity contribution in [2.45, 2.75) is 6.10 Å². The predicted molar refractivity (Wildman–Crippen MR) is 70.8 cm³/mol. The number of hydrogen-bond donors (Lipinski definition) is 1. The van der Waals surface area contributed by atoms with Crippen LogP contribution >= 0.6 is 27.3 Å². The summed E-state index contributed by atoms with van der Waals surface area (Å²) >= 11 is 4.84. The lowest BCUT2D eigenvalue weighted by Crippen LogP contribution is -2.18. The molecule has 0 amide bonds. The third-order valence-electron chi connectivity index (χ3n) is 2.29. The minimum absolute atomic E-state index is 0.209. The van der Waals surface area contributed by atoms with Crippen molar-refractivity contribution < 1.29 is 9.13 Å². The van der Waals surface area contributed by atoms with Crippen molar-refractivity contribution in [3.63, 3.8) is 0 Å². The van der Waals surface area contributed by atoms with E-state index in [4.69, 9.17) is 10.5 Å². The second kappa shape index (κ2) is 5.62. The van der Waals surface area contributed by atoms with Crippen LogP contribution < -0.4 is 10.5 Å². The molecule has 2 N–H and O–H groups in total. The first-order valence-corrected chi connectivity index (χ1v) is 6.78. The van der Waals surface area contributed by atoms with Gasteiger partial charge >= 0.3 is 0 Å². The number of hydrogen-bond acceptors (Lipinski definition) is 3. The number of thiophene rings is 1. The Labute approximate surface area is 111 Å². The van der Waals surface area contributed by atoms with Gasteiger partial charge in [-0.3, -0.25) is 0 Å². The molecule has 1 heterocycles. The van der Waals surface area contributed by atoms with E-state index >= 15 is 0 Å². The number of rotatable bonds is 4. The van der Waals surface area contributed by atoms with Crippen LogP contribution in [0, 0.1) is 5.82 Å². The standard InChI is InChI=1S/C12H11BrFNOS/c13-9-1-2-10(14)11(5-9)16-12(6-15)8-3-4-17-7-8/h1-5,7,12H,6,15H2. The van der Waals surface area contributed by atoms with Crippen molar-refractivity contribution in [3.8, 4) is 5.75 Å².